The minimum atomic E-state index is 0. The van der Waals surface area contributed by atoms with Crippen molar-refractivity contribution in [1.82, 2.24) is 0 Å². The van der Waals surface area contributed by atoms with Gasteiger partial charge in [0, 0.05) is 13.2 Å². The van der Waals surface area contributed by atoms with E-state index in [4.69, 9.17) is 15.2 Å². The maximum absolute atomic E-state index is 5.72. The molecule has 0 spiro atoms. The molecule has 2 aromatic carbocycles. The van der Waals surface area contributed by atoms with Crippen LogP contribution >= 0.6 is 0 Å². The van der Waals surface area contributed by atoms with Gasteiger partial charge >= 0.3 is 0 Å². The monoisotopic (exact) mass is 303 g/mol. The summed E-state index contributed by atoms with van der Waals surface area (Å²) in [5, 5.41) is 0. The standard InChI is InChI=1S/C16H19NO2.C3H8.H2/c1-12(2)18-11-13-6-8-15(9-7-13)19-16-5-3-4-14(17)10-16;1-3-2;/h3-10,12H,11,17H2,1-2H3;3H2,1-2H3;1H. The smallest absolute Gasteiger partial charge is 0.129 e. The third kappa shape index (κ3) is 7.14. The summed E-state index contributed by atoms with van der Waals surface area (Å²) in [5.74, 6) is 1.53. The van der Waals surface area contributed by atoms with Crippen LogP contribution in [0.15, 0.2) is 48.5 Å². The molecule has 0 unspecified atom stereocenters. The summed E-state index contributed by atoms with van der Waals surface area (Å²) >= 11 is 0. The van der Waals surface area contributed by atoms with E-state index in [0.717, 1.165) is 17.1 Å². The van der Waals surface area contributed by atoms with Crippen LogP contribution in [0, 0.1) is 0 Å². The Morgan fingerprint density at radius 3 is 2.18 bits per heavy atom. The third-order valence-electron chi connectivity index (χ3n) is 2.60. The zero-order chi connectivity index (χ0) is 16.4. The van der Waals surface area contributed by atoms with Crippen LogP contribution in [0.1, 0.15) is 41.1 Å². The molecule has 3 heteroatoms. The number of hydrogen-bond acceptors (Lipinski definition) is 3. The van der Waals surface area contributed by atoms with Crippen molar-refractivity contribution in [1.29, 1.82) is 0 Å². The zero-order valence-corrected chi connectivity index (χ0v) is 14.0. The lowest BCUT2D eigenvalue weighted by molar-refractivity contribution is 0.0657. The first kappa shape index (κ1) is 18.1. The predicted octanol–water partition coefficient (Wildman–Crippen LogP) is 5.65. The van der Waals surface area contributed by atoms with Crippen LogP contribution in [0.5, 0.6) is 11.5 Å². The molecular weight excluding hydrogens is 274 g/mol. The lowest BCUT2D eigenvalue weighted by Gasteiger charge is -2.09. The molecule has 0 saturated heterocycles. The van der Waals surface area contributed by atoms with Crippen LogP contribution < -0.4 is 10.5 Å². The quantitative estimate of drug-likeness (QED) is 0.726. The number of anilines is 1. The molecule has 2 N–H and O–H groups in total. The van der Waals surface area contributed by atoms with E-state index < -0.39 is 0 Å². The van der Waals surface area contributed by atoms with Gasteiger partial charge in [-0.3, -0.25) is 0 Å². The maximum Gasteiger partial charge on any atom is 0.129 e. The van der Waals surface area contributed by atoms with Crippen molar-refractivity contribution in [3.63, 3.8) is 0 Å². The molecule has 122 valence electrons. The van der Waals surface area contributed by atoms with E-state index in [0.29, 0.717) is 12.3 Å². The highest BCUT2D eigenvalue weighted by molar-refractivity contribution is 5.45. The summed E-state index contributed by atoms with van der Waals surface area (Å²) in [4.78, 5) is 0. The fourth-order valence-corrected chi connectivity index (χ4v) is 1.63. The molecule has 0 radical (unpaired) electrons. The molecule has 0 amide bonds. The van der Waals surface area contributed by atoms with E-state index in [1.807, 2.05) is 56.3 Å². The molecule has 0 saturated carbocycles. The van der Waals surface area contributed by atoms with Crippen LogP contribution in [0.3, 0.4) is 0 Å². The summed E-state index contributed by atoms with van der Waals surface area (Å²) in [6.07, 6.45) is 1.49. The molecule has 0 aliphatic heterocycles. The Hall–Kier alpha value is -2.00. The molecule has 2 aromatic rings. The van der Waals surface area contributed by atoms with Gasteiger partial charge in [-0.05, 0) is 43.7 Å². The van der Waals surface area contributed by atoms with Crippen LogP contribution in [-0.4, -0.2) is 6.10 Å². The largest absolute Gasteiger partial charge is 0.457 e. The first-order chi connectivity index (χ1) is 10.5. The van der Waals surface area contributed by atoms with Gasteiger partial charge in [0.2, 0.25) is 0 Å². The summed E-state index contributed by atoms with van der Waals surface area (Å²) in [6.45, 7) is 8.92. The predicted molar refractivity (Wildman–Crippen MR) is 95.4 cm³/mol. The topological polar surface area (TPSA) is 44.5 Å². The van der Waals surface area contributed by atoms with E-state index in [9.17, 15) is 0 Å². The second-order valence-corrected chi connectivity index (χ2v) is 5.39. The molecule has 0 aliphatic rings. The molecule has 3 nitrogen and oxygen atoms in total. The summed E-state index contributed by atoms with van der Waals surface area (Å²) in [5.41, 5.74) is 7.53. The average Bonchev–Trinajstić information content (AvgIpc) is 2.47. The van der Waals surface area contributed by atoms with Crippen molar-refractivity contribution in [2.75, 3.05) is 5.73 Å². The SMILES string of the molecule is CC(C)OCc1ccc(Oc2cccc(N)c2)cc1.CCC.[HH]. The Bertz CT molecular complexity index is 541. The van der Waals surface area contributed by atoms with Crippen LogP contribution in [0.2, 0.25) is 0 Å². The first-order valence-corrected chi connectivity index (χ1v) is 7.79. The van der Waals surface area contributed by atoms with E-state index in [-0.39, 0.29) is 7.53 Å². The molecule has 0 atom stereocenters. The zero-order valence-electron chi connectivity index (χ0n) is 14.0. The lowest BCUT2D eigenvalue weighted by atomic mass is 10.2. The van der Waals surface area contributed by atoms with Crippen molar-refractivity contribution in [2.24, 2.45) is 0 Å². The second-order valence-electron chi connectivity index (χ2n) is 5.39. The fraction of sp³-hybridized carbons (Fsp3) is 0.368. The number of benzene rings is 2. The van der Waals surface area contributed by atoms with Crippen molar-refractivity contribution in [3.05, 3.63) is 54.1 Å². The number of nitrogens with two attached hydrogens (primary N) is 1. The van der Waals surface area contributed by atoms with Gasteiger partial charge in [-0.25, -0.2) is 0 Å². The van der Waals surface area contributed by atoms with Gasteiger partial charge in [0.1, 0.15) is 11.5 Å². The summed E-state index contributed by atoms with van der Waals surface area (Å²) in [6, 6.07) is 15.3. The Morgan fingerprint density at radius 1 is 1.00 bits per heavy atom. The van der Waals surface area contributed by atoms with Crippen molar-refractivity contribution in [3.8, 4) is 11.5 Å². The van der Waals surface area contributed by atoms with Crippen LogP contribution in [-0.2, 0) is 11.3 Å². The highest BCUT2D eigenvalue weighted by Gasteiger charge is 2.00. The first-order valence-electron chi connectivity index (χ1n) is 7.79. The van der Waals surface area contributed by atoms with Gasteiger partial charge in [0.05, 0.1) is 12.7 Å². The number of rotatable bonds is 5. The third-order valence-corrected chi connectivity index (χ3v) is 2.60. The van der Waals surface area contributed by atoms with Gasteiger partial charge in [-0.15, -0.1) is 0 Å². The molecule has 2 rings (SSSR count). The number of nitrogen functional groups attached to an aromatic ring is 1. The molecular formula is C19H29NO2. The molecule has 0 aromatic heterocycles. The van der Waals surface area contributed by atoms with E-state index in [2.05, 4.69) is 13.8 Å². The van der Waals surface area contributed by atoms with Crippen molar-refractivity contribution in [2.45, 2.75) is 46.8 Å². The Kier molecular flexibility index (Phi) is 8.08. The average molecular weight is 303 g/mol. The summed E-state index contributed by atoms with van der Waals surface area (Å²) < 4.78 is 11.3. The van der Waals surface area contributed by atoms with Gasteiger partial charge in [0.25, 0.3) is 0 Å². The highest BCUT2D eigenvalue weighted by Crippen LogP contribution is 2.23. The molecule has 0 aliphatic carbocycles. The second kappa shape index (κ2) is 9.85. The maximum atomic E-state index is 5.72. The van der Waals surface area contributed by atoms with E-state index in [1.54, 1.807) is 6.07 Å². The van der Waals surface area contributed by atoms with Crippen LogP contribution in [0.4, 0.5) is 5.69 Å². The highest BCUT2D eigenvalue weighted by atomic mass is 16.5. The van der Waals surface area contributed by atoms with Crippen molar-refractivity contribution >= 4 is 5.69 Å². The minimum absolute atomic E-state index is 0. The van der Waals surface area contributed by atoms with Gasteiger partial charge in [-0.1, -0.05) is 38.5 Å². The molecule has 0 heterocycles. The molecule has 22 heavy (non-hydrogen) atoms. The molecule has 0 bridgehead atoms. The van der Waals surface area contributed by atoms with Gasteiger partial charge in [0.15, 0.2) is 0 Å². The Labute approximate surface area is 135 Å². The van der Waals surface area contributed by atoms with E-state index >= 15 is 0 Å². The van der Waals surface area contributed by atoms with Gasteiger partial charge < -0.3 is 15.2 Å². The fourth-order valence-electron chi connectivity index (χ4n) is 1.63. The van der Waals surface area contributed by atoms with Gasteiger partial charge in [-0.2, -0.15) is 0 Å². The Morgan fingerprint density at radius 2 is 1.64 bits per heavy atom. The van der Waals surface area contributed by atoms with E-state index in [1.165, 1.54) is 6.42 Å². The van der Waals surface area contributed by atoms with Crippen molar-refractivity contribution < 1.29 is 10.9 Å². The van der Waals surface area contributed by atoms with Crippen LogP contribution in [0.25, 0.3) is 0 Å². The number of ether oxygens (including phenoxy) is 2. The lowest BCUT2D eigenvalue weighted by Crippen LogP contribution is -2.01. The normalized spacial score (nSPS) is 10.0. The number of hydrogen-bond donors (Lipinski definition) is 1. The molecule has 0 fully saturated rings. The summed E-state index contributed by atoms with van der Waals surface area (Å²) in [7, 11) is 0. The Balaban J connectivity index is 0.00000112. The minimum Gasteiger partial charge on any atom is -0.457 e.